The van der Waals surface area contributed by atoms with Crippen molar-refractivity contribution < 1.29 is 8.78 Å². The van der Waals surface area contributed by atoms with Crippen molar-refractivity contribution in [3.63, 3.8) is 0 Å². The van der Waals surface area contributed by atoms with Crippen LogP contribution in [0.2, 0.25) is 5.02 Å². The Balaban J connectivity index is 2.56. The number of rotatable bonds is 4. The second-order valence-electron chi connectivity index (χ2n) is 2.63. The van der Waals surface area contributed by atoms with Crippen molar-refractivity contribution in [1.82, 2.24) is 0 Å². The Kier molecular flexibility index (Phi) is 3.96. The first-order chi connectivity index (χ1) is 6.22. The molecule has 0 aliphatic rings. The number of alkyl halides is 1. The van der Waals surface area contributed by atoms with E-state index < -0.39 is 5.82 Å². The lowest BCUT2D eigenvalue weighted by atomic mass is 10.3. The van der Waals surface area contributed by atoms with Gasteiger partial charge in [-0.05, 0) is 24.6 Å². The second-order valence-corrected chi connectivity index (χ2v) is 3.06. The van der Waals surface area contributed by atoms with Gasteiger partial charge in [-0.25, -0.2) is 4.39 Å². The molecule has 4 heteroatoms. The van der Waals surface area contributed by atoms with E-state index in [1.54, 1.807) is 6.07 Å². The van der Waals surface area contributed by atoms with Crippen molar-refractivity contribution in [3.8, 4) is 0 Å². The molecule has 0 fully saturated rings. The van der Waals surface area contributed by atoms with E-state index in [2.05, 4.69) is 5.32 Å². The molecule has 0 saturated carbocycles. The Hall–Kier alpha value is -0.830. The summed E-state index contributed by atoms with van der Waals surface area (Å²) in [6.07, 6.45) is 0.411. The van der Waals surface area contributed by atoms with Gasteiger partial charge in [0.25, 0.3) is 0 Å². The summed E-state index contributed by atoms with van der Waals surface area (Å²) in [6, 6.07) is 4.15. The van der Waals surface area contributed by atoms with Crippen molar-refractivity contribution in [3.05, 3.63) is 29.0 Å². The van der Waals surface area contributed by atoms with E-state index in [0.717, 1.165) is 0 Å². The maximum atomic E-state index is 12.7. The molecule has 0 amide bonds. The molecule has 1 nitrogen and oxygen atoms in total. The molecule has 0 unspecified atom stereocenters. The fourth-order valence-corrected chi connectivity index (χ4v) is 1.18. The molecule has 1 N–H and O–H groups in total. The molecule has 0 aromatic heterocycles. The predicted molar refractivity (Wildman–Crippen MR) is 50.5 cm³/mol. The molecule has 0 aliphatic heterocycles. The first-order valence-electron chi connectivity index (χ1n) is 3.98. The lowest BCUT2D eigenvalue weighted by Gasteiger charge is -2.04. The molecule has 0 radical (unpaired) electrons. The van der Waals surface area contributed by atoms with Gasteiger partial charge in [-0.3, -0.25) is 4.39 Å². The van der Waals surface area contributed by atoms with Crippen molar-refractivity contribution in [2.75, 3.05) is 18.5 Å². The standard InChI is InChI=1S/C9H10ClF2N/c10-7-4-8(12)6-9(5-7)13-3-1-2-11/h4-6,13H,1-3H2. The summed E-state index contributed by atoms with van der Waals surface area (Å²) < 4.78 is 24.5. The van der Waals surface area contributed by atoms with Gasteiger partial charge in [-0.1, -0.05) is 11.6 Å². The van der Waals surface area contributed by atoms with Crippen LogP contribution in [0.1, 0.15) is 6.42 Å². The molecule has 0 aliphatic carbocycles. The predicted octanol–water partition coefficient (Wildman–Crippen LogP) is 3.25. The molecule has 0 bridgehead atoms. The van der Waals surface area contributed by atoms with Gasteiger partial charge in [0.1, 0.15) is 5.82 Å². The zero-order valence-electron chi connectivity index (χ0n) is 6.99. The summed E-state index contributed by atoms with van der Waals surface area (Å²) in [5, 5.41) is 3.20. The number of anilines is 1. The SMILES string of the molecule is FCCCNc1cc(F)cc(Cl)c1. The van der Waals surface area contributed by atoms with Crippen molar-refractivity contribution >= 4 is 17.3 Å². The Morgan fingerprint density at radius 2 is 2.08 bits per heavy atom. The Bertz CT molecular complexity index is 258. The average molecular weight is 206 g/mol. The topological polar surface area (TPSA) is 12.0 Å². The molecule has 72 valence electrons. The van der Waals surface area contributed by atoms with E-state index in [0.29, 0.717) is 23.7 Å². The first-order valence-corrected chi connectivity index (χ1v) is 4.36. The molecule has 1 rings (SSSR count). The highest BCUT2D eigenvalue weighted by atomic mass is 35.5. The maximum absolute atomic E-state index is 12.7. The summed E-state index contributed by atoms with van der Waals surface area (Å²) >= 11 is 5.61. The minimum Gasteiger partial charge on any atom is -0.385 e. The number of hydrogen-bond donors (Lipinski definition) is 1. The molecule has 1 aromatic rings. The van der Waals surface area contributed by atoms with Gasteiger partial charge < -0.3 is 5.32 Å². The molecule has 13 heavy (non-hydrogen) atoms. The number of hydrogen-bond acceptors (Lipinski definition) is 1. The van der Waals surface area contributed by atoms with E-state index in [1.807, 2.05) is 0 Å². The molecule has 0 atom stereocenters. The van der Waals surface area contributed by atoms with E-state index >= 15 is 0 Å². The molecular formula is C9H10ClF2N. The van der Waals surface area contributed by atoms with Crippen LogP contribution in [0.5, 0.6) is 0 Å². The van der Waals surface area contributed by atoms with E-state index in [9.17, 15) is 8.78 Å². The van der Waals surface area contributed by atoms with Crippen LogP contribution in [0.3, 0.4) is 0 Å². The van der Waals surface area contributed by atoms with E-state index in [-0.39, 0.29) is 6.67 Å². The summed E-state index contributed by atoms with van der Waals surface area (Å²) in [4.78, 5) is 0. The highest BCUT2D eigenvalue weighted by Crippen LogP contribution is 2.17. The van der Waals surface area contributed by atoms with Crippen LogP contribution >= 0.6 is 11.6 Å². The fraction of sp³-hybridized carbons (Fsp3) is 0.333. The van der Waals surface area contributed by atoms with Crippen molar-refractivity contribution in [2.45, 2.75) is 6.42 Å². The number of halogens is 3. The van der Waals surface area contributed by atoms with Crippen LogP contribution in [0, 0.1) is 5.82 Å². The lowest BCUT2D eigenvalue weighted by Crippen LogP contribution is -2.02. The molecule has 0 spiro atoms. The second kappa shape index (κ2) is 5.02. The van der Waals surface area contributed by atoms with Crippen molar-refractivity contribution in [1.29, 1.82) is 0 Å². The average Bonchev–Trinajstić information content (AvgIpc) is 2.03. The van der Waals surface area contributed by atoms with Crippen LogP contribution < -0.4 is 5.32 Å². The normalized spacial score (nSPS) is 10.1. The number of benzene rings is 1. The minimum atomic E-state index is -0.393. The van der Waals surface area contributed by atoms with E-state index in [4.69, 9.17) is 11.6 Å². The third kappa shape index (κ3) is 3.59. The van der Waals surface area contributed by atoms with Gasteiger partial charge in [0, 0.05) is 17.3 Å². The van der Waals surface area contributed by atoms with Gasteiger partial charge >= 0.3 is 0 Å². The van der Waals surface area contributed by atoms with Crippen LogP contribution in [0.4, 0.5) is 14.5 Å². The molecule has 0 heterocycles. The Morgan fingerprint density at radius 1 is 1.31 bits per heavy atom. The van der Waals surface area contributed by atoms with Gasteiger partial charge in [0.15, 0.2) is 0 Å². The highest BCUT2D eigenvalue weighted by molar-refractivity contribution is 6.30. The molecule has 1 aromatic carbocycles. The monoisotopic (exact) mass is 205 g/mol. The zero-order chi connectivity index (χ0) is 9.68. The minimum absolute atomic E-state index is 0.336. The first kappa shape index (κ1) is 10.3. The van der Waals surface area contributed by atoms with Crippen LogP contribution in [0.15, 0.2) is 18.2 Å². The Labute approximate surface area is 80.7 Å². The Morgan fingerprint density at radius 3 is 2.69 bits per heavy atom. The summed E-state index contributed by atoms with van der Waals surface area (Å²) in [5.74, 6) is -0.393. The zero-order valence-corrected chi connectivity index (χ0v) is 7.74. The lowest BCUT2D eigenvalue weighted by molar-refractivity contribution is 0.481. The van der Waals surface area contributed by atoms with Gasteiger partial charge in [0.05, 0.1) is 6.67 Å². The van der Waals surface area contributed by atoms with Crippen molar-refractivity contribution in [2.24, 2.45) is 0 Å². The summed E-state index contributed by atoms with van der Waals surface area (Å²) in [6.45, 7) is 0.104. The highest BCUT2D eigenvalue weighted by Gasteiger charge is 1.97. The van der Waals surface area contributed by atoms with Gasteiger partial charge in [0.2, 0.25) is 0 Å². The number of nitrogens with one attached hydrogen (secondary N) is 1. The fourth-order valence-electron chi connectivity index (χ4n) is 0.955. The third-order valence-corrected chi connectivity index (χ3v) is 1.72. The van der Waals surface area contributed by atoms with Crippen LogP contribution in [-0.2, 0) is 0 Å². The molecular weight excluding hydrogens is 196 g/mol. The third-order valence-electron chi connectivity index (χ3n) is 1.50. The smallest absolute Gasteiger partial charge is 0.126 e. The largest absolute Gasteiger partial charge is 0.385 e. The maximum Gasteiger partial charge on any atom is 0.126 e. The quantitative estimate of drug-likeness (QED) is 0.744. The van der Waals surface area contributed by atoms with E-state index in [1.165, 1.54) is 12.1 Å². The van der Waals surface area contributed by atoms with Crippen LogP contribution in [-0.4, -0.2) is 13.2 Å². The van der Waals surface area contributed by atoms with Gasteiger partial charge in [-0.2, -0.15) is 0 Å². The summed E-state index contributed by atoms with van der Waals surface area (Å²) in [7, 11) is 0. The van der Waals surface area contributed by atoms with Gasteiger partial charge in [-0.15, -0.1) is 0 Å². The molecule has 0 saturated heterocycles. The van der Waals surface area contributed by atoms with Crippen LogP contribution in [0.25, 0.3) is 0 Å². The summed E-state index contributed by atoms with van der Waals surface area (Å²) in [5.41, 5.74) is 0.582.